The summed E-state index contributed by atoms with van der Waals surface area (Å²) in [5.74, 6) is 0.790. The lowest BCUT2D eigenvalue weighted by atomic mass is 10.2. The van der Waals surface area contributed by atoms with Crippen LogP contribution in [0.15, 0.2) is 18.2 Å². The summed E-state index contributed by atoms with van der Waals surface area (Å²) < 4.78 is 1.65. The third-order valence-electron chi connectivity index (χ3n) is 3.65. The lowest BCUT2D eigenvalue weighted by Gasteiger charge is -2.28. The van der Waals surface area contributed by atoms with Crippen molar-refractivity contribution >= 4 is 22.5 Å². The lowest BCUT2D eigenvalue weighted by Crippen LogP contribution is -2.44. The first kappa shape index (κ1) is 12.0. The number of hydrogen-bond acceptors (Lipinski definition) is 7. The number of nitriles is 1. The molecule has 2 aromatic heterocycles. The van der Waals surface area contributed by atoms with Gasteiger partial charge in [-0.1, -0.05) is 0 Å². The van der Waals surface area contributed by atoms with Crippen molar-refractivity contribution in [3.8, 4) is 6.07 Å². The molecule has 0 radical (unpaired) electrons. The van der Waals surface area contributed by atoms with E-state index in [2.05, 4.69) is 31.8 Å². The van der Waals surface area contributed by atoms with Crippen molar-refractivity contribution < 1.29 is 0 Å². The average Bonchev–Trinajstić information content (AvgIpc) is 3.04. The Morgan fingerprint density at radius 2 is 2.10 bits per heavy atom. The second kappa shape index (κ2) is 4.64. The summed E-state index contributed by atoms with van der Waals surface area (Å²) in [5.41, 5.74) is 2.71. The lowest BCUT2D eigenvalue weighted by molar-refractivity contribution is 0.586. The van der Waals surface area contributed by atoms with Crippen LogP contribution in [0.1, 0.15) is 5.56 Å². The maximum Gasteiger partial charge on any atom is 0.222 e. The molecule has 8 nitrogen and oxygen atoms in total. The minimum absolute atomic E-state index is 0.566. The van der Waals surface area contributed by atoms with Crippen molar-refractivity contribution in [2.75, 3.05) is 31.1 Å². The van der Waals surface area contributed by atoms with Crippen LogP contribution in [-0.4, -0.2) is 51.2 Å². The molecule has 104 valence electrons. The Morgan fingerprint density at radius 1 is 1.24 bits per heavy atom. The Balaban J connectivity index is 1.98. The van der Waals surface area contributed by atoms with E-state index in [1.807, 2.05) is 6.07 Å². The number of fused-ring (bicyclic) bond motifs is 3. The van der Waals surface area contributed by atoms with Gasteiger partial charge in [-0.15, -0.1) is 5.10 Å². The second-order valence-corrected chi connectivity index (χ2v) is 4.90. The van der Waals surface area contributed by atoms with Crippen molar-refractivity contribution in [2.24, 2.45) is 0 Å². The highest BCUT2D eigenvalue weighted by Crippen LogP contribution is 2.23. The molecule has 0 aliphatic carbocycles. The van der Waals surface area contributed by atoms with Crippen LogP contribution in [-0.2, 0) is 0 Å². The van der Waals surface area contributed by atoms with Gasteiger partial charge in [0.2, 0.25) is 5.65 Å². The Hall–Kier alpha value is -2.79. The molecule has 8 heteroatoms. The van der Waals surface area contributed by atoms with E-state index in [1.165, 1.54) is 0 Å². The summed E-state index contributed by atoms with van der Waals surface area (Å²) in [6.07, 6.45) is 0. The summed E-state index contributed by atoms with van der Waals surface area (Å²) in [6.45, 7) is 3.58. The van der Waals surface area contributed by atoms with E-state index in [9.17, 15) is 0 Å². The monoisotopic (exact) mass is 280 g/mol. The molecule has 21 heavy (non-hydrogen) atoms. The fraction of sp³-hybridized carbons (Fsp3) is 0.308. The molecule has 1 aliphatic heterocycles. The number of rotatable bonds is 1. The highest BCUT2D eigenvalue weighted by molar-refractivity contribution is 5.83. The molecule has 1 fully saturated rings. The molecule has 0 saturated carbocycles. The van der Waals surface area contributed by atoms with Crippen molar-refractivity contribution in [2.45, 2.75) is 0 Å². The van der Waals surface area contributed by atoms with E-state index in [0.717, 1.165) is 43.0 Å². The number of aromatic nitrogens is 5. The van der Waals surface area contributed by atoms with Gasteiger partial charge in [-0.25, -0.2) is 4.98 Å². The van der Waals surface area contributed by atoms with E-state index in [4.69, 9.17) is 10.2 Å². The molecule has 4 rings (SSSR count). The van der Waals surface area contributed by atoms with Gasteiger partial charge in [-0.3, -0.25) is 0 Å². The van der Waals surface area contributed by atoms with Crippen LogP contribution in [0.3, 0.4) is 0 Å². The Morgan fingerprint density at radius 3 is 2.90 bits per heavy atom. The van der Waals surface area contributed by atoms with Crippen molar-refractivity contribution in [3.05, 3.63) is 23.8 Å². The largest absolute Gasteiger partial charge is 0.351 e. The van der Waals surface area contributed by atoms with E-state index in [1.54, 1.807) is 16.6 Å². The number of nitrogens with zero attached hydrogens (tertiary/aromatic N) is 7. The van der Waals surface area contributed by atoms with Gasteiger partial charge < -0.3 is 10.2 Å². The smallest absolute Gasteiger partial charge is 0.222 e. The summed E-state index contributed by atoms with van der Waals surface area (Å²) in [7, 11) is 0. The quantitative estimate of drug-likeness (QED) is 0.668. The summed E-state index contributed by atoms with van der Waals surface area (Å²) >= 11 is 0. The number of piperazine rings is 1. The average molecular weight is 280 g/mol. The predicted molar refractivity (Wildman–Crippen MR) is 75.9 cm³/mol. The first-order valence-electron chi connectivity index (χ1n) is 6.74. The van der Waals surface area contributed by atoms with E-state index in [0.29, 0.717) is 11.2 Å². The summed E-state index contributed by atoms with van der Waals surface area (Å²) in [6, 6.07) is 7.47. The maximum atomic E-state index is 9.03. The molecule has 0 atom stereocenters. The zero-order valence-electron chi connectivity index (χ0n) is 11.2. The molecule has 0 bridgehead atoms. The maximum absolute atomic E-state index is 9.03. The fourth-order valence-electron chi connectivity index (χ4n) is 2.60. The Bertz CT molecular complexity index is 856. The Kier molecular flexibility index (Phi) is 2.65. The van der Waals surface area contributed by atoms with E-state index in [-0.39, 0.29) is 0 Å². The predicted octanol–water partition coefficient (Wildman–Crippen LogP) is -0.0462. The van der Waals surface area contributed by atoms with Crippen molar-refractivity contribution in [3.63, 3.8) is 0 Å². The molecule has 3 heterocycles. The number of nitrogens with one attached hydrogen (secondary N) is 1. The molecular formula is C13H12N8. The fourth-order valence-corrected chi connectivity index (χ4v) is 2.60. The first-order valence-corrected chi connectivity index (χ1v) is 6.74. The molecular weight excluding hydrogens is 268 g/mol. The SMILES string of the molecule is N#Cc1ccc2nc(N3CCNCC3)c3nnnn3c2c1. The molecule has 1 aromatic carbocycles. The Labute approximate surface area is 120 Å². The highest BCUT2D eigenvalue weighted by atomic mass is 15.5. The minimum atomic E-state index is 0.566. The third kappa shape index (κ3) is 1.86. The zero-order chi connectivity index (χ0) is 14.2. The first-order chi connectivity index (χ1) is 10.4. The van der Waals surface area contributed by atoms with E-state index >= 15 is 0 Å². The summed E-state index contributed by atoms with van der Waals surface area (Å²) in [4.78, 5) is 6.88. The van der Waals surface area contributed by atoms with Crippen LogP contribution in [0.4, 0.5) is 5.82 Å². The van der Waals surface area contributed by atoms with Gasteiger partial charge in [0.15, 0.2) is 5.82 Å². The molecule has 3 aromatic rings. The highest BCUT2D eigenvalue weighted by Gasteiger charge is 2.19. The topological polar surface area (TPSA) is 95.0 Å². The van der Waals surface area contributed by atoms with Crippen molar-refractivity contribution in [1.82, 2.24) is 30.3 Å². The number of benzene rings is 1. The molecule has 1 aliphatic rings. The van der Waals surface area contributed by atoms with Gasteiger partial charge in [0.25, 0.3) is 0 Å². The normalized spacial score (nSPS) is 15.5. The van der Waals surface area contributed by atoms with Gasteiger partial charge in [-0.2, -0.15) is 9.78 Å². The van der Waals surface area contributed by atoms with Crippen LogP contribution in [0.5, 0.6) is 0 Å². The molecule has 1 saturated heterocycles. The number of hydrogen-bond donors (Lipinski definition) is 1. The van der Waals surface area contributed by atoms with Crippen LogP contribution < -0.4 is 10.2 Å². The standard InChI is InChI=1S/C13H12N8/c14-8-9-1-2-10-11(7-9)21-13(17-18-19-21)12(16-10)20-5-3-15-4-6-20/h1-2,7,15H,3-6H2. The van der Waals surface area contributed by atoms with Crippen LogP contribution >= 0.6 is 0 Å². The third-order valence-corrected chi connectivity index (χ3v) is 3.65. The van der Waals surface area contributed by atoms with Crippen LogP contribution in [0.25, 0.3) is 16.7 Å². The van der Waals surface area contributed by atoms with Gasteiger partial charge >= 0.3 is 0 Å². The second-order valence-electron chi connectivity index (χ2n) is 4.90. The van der Waals surface area contributed by atoms with Gasteiger partial charge in [0.05, 0.1) is 22.7 Å². The van der Waals surface area contributed by atoms with Crippen LogP contribution in [0.2, 0.25) is 0 Å². The van der Waals surface area contributed by atoms with Gasteiger partial charge in [-0.05, 0) is 28.6 Å². The molecule has 0 unspecified atom stereocenters. The van der Waals surface area contributed by atoms with Crippen LogP contribution in [0, 0.1) is 11.3 Å². The minimum Gasteiger partial charge on any atom is -0.351 e. The zero-order valence-corrected chi connectivity index (χ0v) is 11.2. The molecule has 1 N–H and O–H groups in total. The molecule has 0 spiro atoms. The summed E-state index contributed by atoms with van der Waals surface area (Å²) in [5, 5.41) is 24.2. The van der Waals surface area contributed by atoms with E-state index < -0.39 is 0 Å². The number of tetrazole rings is 1. The number of anilines is 1. The molecule has 0 amide bonds. The van der Waals surface area contributed by atoms with Gasteiger partial charge in [0, 0.05) is 26.2 Å². The van der Waals surface area contributed by atoms with Gasteiger partial charge in [0.1, 0.15) is 0 Å². The van der Waals surface area contributed by atoms with Crippen molar-refractivity contribution in [1.29, 1.82) is 5.26 Å².